The van der Waals surface area contributed by atoms with Crippen molar-refractivity contribution in [1.82, 2.24) is 0 Å². The Labute approximate surface area is 109 Å². The van der Waals surface area contributed by atoms with E-state index < -0.39 is 5.97 Å². The fourth-order valence-corrected chi connectivity index (χ4v) is 1.78. The van der Waals surface area contributed by atoms with Crippen molar-refractivity contribution in [3.8, 4) is 5.75 Å². The van der Waals surface area contributed by atoms with Crippen molar-refractivity contribution in [2.75, 3.05) is 6.61 Å². The van der Waals surface area contributed by atoms with E-state index in [9.17, 15) is 4.79 Å². The molecule has 0 amide bonds. The van der Waals surface area contributed by atoms with Crippen LogP contribution in [0, 0.1) is 0 Å². The number of rotatable bonds is 9. The molecule has 1 rings (SSSR count). The van der Waals surface area contributed by atoms with E-state index in [0.717, 1.165) is 18.6 Å². The number of aliphatic carboxylic acids is 1. The van der Waals surface area contributed by atoms with Crippen molar-refractivity contribution >= 4 is 5.97 Å². The number of carbonyl (C=O) groups is 1. The normalized spacial score (nSPS) is 10.3. The monoisotopic (exact) mass is 250 g/mol. The van der Waals surface area contributed by atoms with Crippen molar-refractivity contribution in [1.29, 1.82) is 0 Å². The molecule has 3 heteroatoms. The predicted octanol–water partition coefficient (Wildman–Crippen LogP) is 3.66. The summed E-state index contributed by atoms with van der Waals surface area (Å²) in [5.41, 5.74) is 1.25. The van der Waals surface area contributed by atoms with E-state index in [1.165, 1.54) is 18.4 Å². The first kappa shape index (κ1) is 14.6. The molecule has 0 aliphatic carbocycles. The van der Waals surface area contributed by atoms with Gasteiger partial charge in [0.15, 0.2) is 0 Å². The quantitative estimate of drug-likeness (QED) is 0.680. The van der Waals surface area contributed by atoms with Crippen LogP contribution in [0.25, 0.3) is 0 Å². The van der Waals surface area contributed by atoms with Crippen LogP contribution in [-0.4, -0.2) is 17.7 Å². The molecule has 0 spiro atoms. The van der Waals surface area contributed by atoms with E-state index in [1.807, 2.05) is 18.2 Å². The number of carboxylic acid groups (broad SMARTS) is 1. The number of unbranched alkanes of at least 4 members (excludes halogenated alkanes) is 2. The summed E-state index contributed by atoms with van der Waals surface area (Å²) in [5, 5.41) is 8.53. The number of hydrogen-bond donors (Lipinski definition) is 1. The van der Waals surface area contributed by atoms with E-state index in [2.05, 4.69) is 13.0 Å². The first-order valence-electron chi connectivity index (χ1n) is 6.66. The first-order valence-corrected chi connectivity index (χ1v) is 6.66. The number of aryl methyl sites for hydroxylation is 1. The summed E-state index contributed by atoms with van der Waals surface area (Å²) in [7, 11) is 0. The molecule has 0 atom stereocenters. The maximum Gasteiger partial charge on any atom is 0.303 e. The lowest BCUT2D eigenvalue weighted by Crippen LogP contribution is -2.02. The number of ether oxygens (including phenoxy) is 1. The van der Waals surface area contributed by atoms with Gasteiger partial charge in [0.25, 0.3) is 0 Å². The van der Waals surface area contributed by atoms with Gasteiger partial charge < -0.3 is 9.84 Å². The van der Waals surface area contributed by atoms with Crippen LogP contribution in [0.15, 0.2) is 24.3 Å². The molecule has 0 saturated heterocycles. The van der Waals surface area contributed by atoms with Crippen LogP contribution >= 0.6 is 0 Å². The number of para-hydroxylation sites is 1. The van der Waals surface area contributed by atoms with E-state index in [0.29, 0.717) is 13.0 Å². The summed E-state index contributed by atoms with van der Waals surface area (Å²) in [6.45, 7) is 2.77. The molecule has 0 aliphatic heterocycles. The number of carboxylic acids is 1. The van der Waals surface area contributed by atoms with Gasteiger partial charge in [0.1, 0.15) is 5.75 Å². The van der Waals surface area contributed by atoms with Crippen LogP contribution in [0.4, 0.5) is 0 Å². The zero-order valence-electron chi connectivity index (χ0n) is 11.0. The first-order chi connectivity index (χ1) is 8.74. The average Bonchev–Trinajstić information content (AvgIpc) is 2.36. The molecule has 0 heterocycles. The van der Waals surface area contributed by atoms with Gasteiger partial charge in [-0.05, 0) is 37.3 Å². The topological polar surface area (TPSA) is 46.5 Å². The molecule has 0 radical (unpaired) electrons. The zero-order valence-corrected chi connectivity index (χ0v) is 11.0. The molecule has 0 saturated carbocycles. The lowest BCUT2D eigenvalue weighted by atomic mass is 10.1. The molecular formula is C15H22O3. The minimum atomic E-state index is -0.738. The fourth-order valence-electron chi connectivity index (χ4n) is 1.78. The summed E-state index contributed by atoms with van der Waals surface area (Å²) >= 11 is 0. The van der Waals surface area contributed by atoms with Gasteiger partial charge in [0.2, 0.25) is 0 Å². The Bertz CT molecular complexity index is 361. The fraction of sp³-hybridized carbons (Fsp3) is 0.533. The second kappa shape index (κ2) is 8.56. The van der Waals surface area contributed by atoms with Gasteiger partial charge in [0.05, 0.1) is 6.61 Å². The minimum Gasteiger partial charge on any atom is -0.493 e. The molecule has 0 aliphatic rings. The van der Waals surface area contributed by atoms with Gasteiger partial charge in [-0.15, -0.1) is 0 Å². The van der Waals surface area contributed by atoms with Crippen molar-refractivity contribution in [2.24, 2.45) is 0 Å². The Morgan fingerprint density at radius 2 is 2.00 bits per heavy atom. The highest BCUT2D eigenvalue weighted by Crippen LogP contribution is 2.20. The van der Waals surface area contributed by atoms with Crippen LogP contribution in [0.2, 0.25) is 0 Å². The van der Waals surface area contributed by atoms with Gasteiger partial charge in [-0.1, -0.05) is 31.5 Å². The predicted molar refractivity (Wildman–Crippen MR) is 72.0 cm³/mol. The molecule has 0 fully saturated rings. The molecule has 1 aromatic carbocycles. The Morgan fingerprint density at radius 3 is 2.72 bits per heavy atom. The van der Waals surface area contributed by atoms with Crippen LogP contribution in [0.1, 0.15) is 44.6 Å². The molecule has 0 aromatic heterocycles. The third-order valence-corrected chi connectivity index (χ3v) is 2.81. The van der Waals surface area contributed by atoms with Crippen molar-refractivity contribution in [2.45, 2.75) is 45.4 Å². The maximum absolute atomic E-state index is 10.4. The van der Waals surface area contributed by atoms with E-state index in [1.54, 1.807) is 0 Å². The second-order valence-corrected chi connectivity index (χ2v) is 4.41. The lowest BCUT2D eigenvalue weighted by Gasteiger charge is -2.10. The Hall–Kier alpha value is -1.51. The minimum absolute atomic E-state index is 0.223. The van der Waals surface area contributed by atoms with E-state index >= 15 is 0 Å². The largest absolute Gasteiger partial charge is 0.493 e. The number of hydrogen-bond acceptors (Lipinski definition) is 2. The molecule has 1 aromatic rings. The van der Waals surface area contributed by atoms with Crippen LogP contribution in [0.3, 0.4) is 0 Å². The highest BCUT2D eigenvalue weighted by molar-refractivity contribution is 5.66. The Balaban J connectivity index is 2.34. The standard InChI is InChI=1S/C15H22O3/c1-2-3-8-13-9-4-5-10-14(13)18-12-7-6-11-15(16)17/h4-5,9-10H,2-3,6-8,11-12H2,1H3,(H,16,17). The van der Waals surface area contributed by atoms with Gasteiger partial charge in [0, 0.05) is 6.42 Å². The van der Waals surface area contributed by atoms with Crippen LogP contribution in [0.5, 0.6) is 5.75 Å². The summed E-state index contributed by atoms with van der Waals surface area (Å²) in [6.07, 6.45) is 5.07. The highest BCUT2D eigenvalue weighted by atomic mass is 16.5. The average molecular weight is 250 g/mol. The summed E-state index contributed by atoms with van der Waals surface area (Å²) in [5.74, 6) is 0.208. The third-order valence-electron chi connectivity index (χ3n) is 2.81. The highest BCUT2D eigenvalue weighted by Gasteiger charge is 2.02. The number of benzene rings is 1. The molecule has 3 nitrogen and oxygen atoms in total. The van der Waals surface area contributed by atoms with Gasteiger partial charge >= 0.3 is 5.97 Å². The molecule has 100 valence electrons. The lowest BCUT2D eigenvalue weighted by molar-refractivity contribution is -0.137. The smallest absolute Gasteiger partial charge is 0.303 e. The van der Waals surface area contributed by atoms with Crippen LogP contribution in [-0.2, 0) is 11.2 Å². The second-order valence-electron chi connectivity index (χ2n) is 4.41. The van der Waals surface area contributed by atoms with Gasteiger partial charge in [-0.25, -0.2) is 0 Å². The molecule has 18 heavy (non-hydrogen) atoms. The van der Waals surface area contributed by atoms with E-state index in [4.69, 9.17) is 9.84 Å². The SMILES string of the molecule is CCCCc1ccccc1OCCCCC(=O)O. The van der Waals surface area contributed by atoms with Crippen molar-refractivity contribution in [3.63, 3.8) is 0 Å². The molecule has 1 N–H and O–H groups in total. The van der Waals surface area contributed by atoms with Crippen molar-refractivity contribution < 1.29 is 14.6 Å². The van der Waals surface area contributed by atoms with Gasteiger partial charge in [-0.3, -0.25) is 4.79 Å². The molecule has 0 unspecified atom stereocenters. The summed E-state index contributed by atoms with van der Waals surface area (Å²) < 4.78 is 5.72. The van der Waals surface area contributed by atoms with Crippen molar-refractivity contribution in [3.05, 3.63) is 29.8 Å². The maximum atomic E-state index is 10.4. The van der Waals surface area contributed by atoms with Gasteiger partial charge in [-0.2, -0.15) is 0 Å². The summed E-state index contributed by atoms with van der Waals surface area (Å²) in [6, 6.07) is 8.09. The Morgan fingerprint density at radius 1 is 1.22 bits per heavy atom. The van der Waals surface area contributed by atoms with Crippen LogP contribution < -0.4 is 4.74 Å². The van der Waals surface area contributed by atoms with E-state index in [-0.39, 0.29) is 6.42 Å². The zero-order chi connectivity index (χ0) is 13.2. The Kier molecular flexibility index (Phi) is 6.92. The third kappa shape index (κ3) is 5.71. The molecular weight excluding hydrogens is 228 g/mol. The molecule has 0 bridgehead atoms. The summed E-state index contributed by atoms with van der Waals surface area (Å²) in [4.78, 5) is 10.4.